The van der Waals surface area contributed by atoms with Crippen LogP contribution in [0.3, 0.4) is 0 Å². The first kappa shape index (κ1) is 20.1. The average Bonchev–Trinajstić information content (AvgIpc) is 2.88. The molecule has 0 spiro atoms. The summed E-state index contributed by atoms with van der Waals surface area (Å²) >= 11 is 0. The van der Waals surface area contributed by atoms with Gasteiger partial charge in [-0.05, 0) is 78.9 Å². The molecule has 0 aromatic rings. The molecule has 1 heteroatoms. The van der Waals surface area contributed by atoms with E-state index in [1.807, 2.05) is 0 Å². The van der Waals surface area contributed by atoms with E-state index in [-0.39, 0.29) is 0 Å². The summed E-state index contributed by atoms with van der Waals surface area (Å²) in [5, 5.41) is 0. The Morgan fingerprint density at radius 1 is 0.778 bits per heavy atom. The van der Waals surface area contributed by atoms with Crippen LogP contribution in [0.2, 0.25) is 18.0 Å². The number of rotatable bonds is 4. The lowest BCUT2D eigenvalue weighted by molar-refractivity contribution is 0.0661. The first-order valence-electron chi connectivity index (χ1n) is 12.3. The molecule has 4 aliphatic rings. The van der Waals surface area contributed by atoms with Gasteiger partial charge in [-0.25, -0.2) is 0 Å². The fourth-order valence-electron chi connectivity index (χ4n) is 9.35. The maximum Gasteiger partial charge on any atom is 0.150 e. The summed E-state index contributed by atoms with van der Waals surface area (Å²) in [6.45, 7) is 18.8. The van der Waals surface area contributed by atoms with Gasteiger partial charge in [0.05, 0.1) is 0 Å². The van der Waals surface area contributed by atoms with Gasteiger partial charge in [-0.15, -0.1) is 0 Å². The van der Waals surface area contributed by atoms with Crippen LogP contribution in [0.5, 0.6) is 0 Å². The minimum Gasteiger partial charge on any atom is -0.0960 e. The summed E-state index contributed by atoms with van der Waals surface area (Å²) in [5.41, 5.74) is 1.19. The van der Waals surface area contributed by atoms with Crippen molar-refractivity contribution in [2.24, 2.45) is 46.3 Å². The van der Waals surface area contributed by atoms with E-state index in [4.69, 9.17) is 0 Å². The smallest absolute Gasteiger partial charge is 0.0960 e. The van der Waals surface area contributed by atoms with Crippen LogP contribution in [0.25, 0.3) is 0 Å². The Kier molecular flexibility index (Phi) is 5.17. The van der Waals surface area contributed by atoms with Gasteiger partial charge < -0.3 is 0 Å². The minimum atomic E-state index is 0.597. The molecule has 0 heterocycles. The molecule has 0 amide bonds. The SMILES string of the molecule is C/C=C/CB([C@H]1C[C@H]2CC[C@@H]([C@@H]1C)C2(C)C)[C@H]1C[C@H]2CC[C@@H]([C@@H]1C)C2(C)C. The molecule has 0 aromatic heterocycles. The number of allylic oxidation sites excluding steroid dienone is 2. The highest BCUT2D eigenvalue weighted by Crippen LogP contribution is 2.66. The van der Waals surface area contributed by atoms with E-state index in [0.717, 1.165) is 53.9 Å². The highest BCUT2D eigenvalue weighted by Gasteiger charge is 2.58. The van der Waals surface area contributed by atoms with Crippen molar-refractivity contribution in [3.05, 3.63) is 12.2 Å². The Morgan fingerprint density at radius 3 is 1.63 bits per heavy atom. The Hall–Kier alpha value is -0.195. The van der Waals surface area contributed by atoms with Crippen molar-refractivity contribution in [2.45, 2.75) is 105 Å². The van der Waals surface area contributed by atoms with E-state index >= 15 is 0 Å². The number of hydrogen-bond donors (Lipinski definition) is 0. The third-order valence-electron chi connectivity index (χ3n) is 11.1. The summed E-state index contributed by atoms with van der Waals surface area (Å²) in [6.07, 6.45) is 15.3. The van der Waals surface area contributed by atoms with Gasteiger partial charge in [0.25, 0.3) is 0 Å². The number of hydrogen-bond acceptors (Lipinski definition) is 0. The highest BCUT2D eigenvalue weighted by atomic mass is 14.6. The normalized spacial score (nSPS) is 47.5. The van der Waals surface area contributed by atoms with Crippen molar-refractivity contribution in [3.63, 3.8) is 0 Å². The summed E-state index contributed by atoms with van der Waals surface area (Å²) in [7, 11) is 0. The average molecular weight is 368 g/mol. The van der Waals surface area contributed by atoms with Gasteiger partial charge in [-0.2, -0.15) is 0 Å². The summed E-state index contributed by atoms with van der Waals surface area (Å²) in [4.78, 5) is 0. The van der Waals surface area contributed by atoms with E-state index in [1.54, 1.807) is 0 Å². The summed E-state index contributed by atoms with van der Waals surface area (Å²) in [6, 6.07) is 0. The monoisotopic (exact) mass is 368 g/mol. The zero-order valence-electron chi connectivity index (χ0n) is 19.3. The molecule has 27 heavy (non-hydrogen) atoms. The van der Waals surface area contributed by atoms with E-state index in [9.17, 15) is 0 Å². The Balaban J connectivity index is 1.61. The summed E-state index contributed by atoms with van der Waals surface area (Å²) < 4.78 is 0. The van der Waals surface area contributed by atoms with E-state index < -0.39 is 0 Å². The zero-order chi connectivity index (χ0) is 19.6. The topological polar surface area (TPSA) is 0 Å². The molecule has 0 unspecified atom stereocenters. The second kappa shape index (κ2) is 6.95. The Morgan fingerprint density at radius 2 is 1.22 bits per heavy atom. The maximum absolute atomic E-state index is 2.65. The molecule has 4 rings (SSSR count). The lowest BCUT2D eigenvalue weighted by atomic mass is 9.24. The van der Waals surface area contributed by atoms with Gasteiger partial charge in [0, 0.05) is 0 Å². The van der Waals surface area contributed by atoms with Crippen LogP contribution >= 0.6 is 0 Å². The molecule has 4 saturated carbocycles. The molecule has 4 fully saturated rings. The molecule has 0 aromatic carbocycles. The van der Waals surface area contributed by atoms with Crippen LogP contribution in [-0.4, -0.2) is 6.71 Å². The minimum absolute atomic E-state index is 0.597. The van der Waals surface area contributed by atoms with Crippen LogP contribution in [0.15, 0.2) is 12.2 Å². The third kappa shape index (κ3) is 3.00. The van der Waals surface area contributed by atoms with Crippen molar-refractivity contribution in [1.82, 2.24) is 0 Å². The molecule has 0 aliphatic heterocycles. The fourth-order valence-corrected chi connectivity index (χ4v) is 9.35. The quantitative estimate of drug-likeness (QED) is 0.348. The second-order valence-corrected chi connectivity index (χ2v) is 12.4. The highest BCUT2D eigenvalue weighted by molar-refractivity contribution is 6.62. The van der Waals surface area contributed by atoms with Gasteiger partial charge in [0.2, 0.25) is 0 Å². The van der Waals surface area contributed by atoms with Gasteiger partial charge in [0.15, 0.2) is 6.71 Å². The van der Waals surface area contributed by atoms with Crippen molar-refractivity contribution >= 4 is 6.71 Å². The molecule has 0 nitrogen and oxygen atoms in total. The summed E-state index contributed by atoms with van der Waals surface area (Å²) in [5.74, 6) is 7.72. The molecular weight excluding hydrogens is 323 g/mol. The van der Waals surface area contributed by atoms with Gasteiger partial charge in [-0.3, -0.25) is 0 Å². The molecule has 4 bridgehead atoms. The first-order chi connectivity index (χ1) is 12.7. The standard InChI is InChI=1S/C26H45B/c1-8-9-14-27(23-15-19-10-12-21(17(23)2)25(19,4)5)24-16-20-11-13-22(18(24)3)26(20,6)7/h8-9,17-24H,10-16H2,1-7H3/b9-8+/t17-,18-,19+,20+,21-,22-,23-,24-/m0/s1. The predicted octanol–water partition coefficient (Wildman–Crippen LogP) is 7.98. The van der Waals surface area contributed by atoms with Crippen LogP contribution in [-0.2, 0) is 0 Å². The lowest BCUT2D eigenvalue weighted by Crippen LogP contribution is -2.47. The molecule has 4 aliphatic carbocycles. The van der Waals surface area contributed by atoms with Crippen molar-refractivity contribution in [2.75, 3.05) is 0 Å². The van der Waals surface area contributed by atoms with Crippen LogP contribution in [0.1, 0.15) is 87.0 Å². The maximum atomic E-state index is 2.65. The zero-order valence-corrected chi connectivity index (χ0v) is 19.3. The van der Waals surface area contributed by atoms with E-state index in [0.29, 0.717) is 10.8 Å². The van der Waals surface area contributed by atoms with Crippen molar-refractivity contribution in [1.29, 1.82) is 0 Å². The molecule has 0 N–H and O–H groups in total. The Labute approximate surface area is 170 Å². The lowest BCUT2D eigenvalue weighted by Gasteiger charge is -2.53. The van der Waals surface area contributed by atoms with Gasteiger partial charge >= 0.3 is 0 Å². The number of fused-ring (bicyclic) bond motifs is 4. The molecular formula is C26H45B. The molecule has 0 radical (unpaired) electrons. The van der Waals surface area contributed by atoms with Crippen LogP contribution in [0, 0.1) is 46.3 Å². The third-order valence-corrected chi connectivity index (χ3v) is 11.1. The van der Waals surface area contributed by atoms with E-state index in [1.165, 1.54) is 44.8 Å². The first-order valence-corrected chi connectivity index (χ1v) is 12.3. The predicted molar refractivity (Wildman–Crippen MR) is 120 cm³/mol. The van der Waals surface area contributed by atoms with Crippen LogP contribution in [0.4, 0.5) is 0 Å². The fraction of sp³-hybridized carbons (Fsp3) is 0.923. The molecule has 0 saturated heterocycles. The van der Waals surface area contributed by atoms with Crippen molar-refractivity contribution in [3.8, 4) is 0 Å². The van der Waals surface area contributed by atoms with Gasteiger partial charge in [0.1, 0.15) is 0 Å². The largest absolute Gasteiger partial charge is 0.150 e. The second-order valence-electron chi connectivity index (χ2n) is 12.4. The Bertz CT molecular complexity index is 529. The van der Waals surface area contributed by atoms with E-state index in [2.05, 4.69) is 60.6 Å². The van der Waals surface area contributed by atoms with Crippen molar-refractivity contribution < 1.29 is 0 Å². The van der Waals surface area contributed by atoms with Gasteiger partial charge in [-0.1, -0.05) is 84.5 Å². The van der Waals surface area contributed by atoms with Crippen LogP contribution < -0.4 is 0 Å². The molecule has 152 valence electrons. The molecule has 8 atom stereocenters.